The van der Waals surface area contributed by atoms with Gasteiger partial charge in [0.2, 0.25) is 0 Å². The smallest absolute Gasteiger partial charge is 0.127 e. The molecular formula is C36H48N2O2. The molecule has 0 fully saturated rings. The van der Waals surface area contributed by atoms with Crippen molar-refractivity contribution >= 4 is 23.8 Å². The summed E-state index contributed by atoms with van der Waals surface area (Å²) in [6.45, 7) is 8.75. The number of unbranched alkanes of at least 4 members (excludes halogenated alkanes) is 4. The number of hydrogen-bond donors (Lipinski definition) is 2. The molecule has 40 heavy (non-hydrogen) atoms. The lowest BCUT2D eigenvalue weighted by atomic mass is 9.97. The molecule has 0 spiro atoms. The van der Waals surface area contributed by atoms with Crippen molar-refractivity contribution in [3.05, 3.63) is 81.9 Å². The van der Waals surface area contributed by atoms with Gasteiger partial charge in [-0.15, -0.1) is 0 Å². The quantitative estimate of drug-likeness (QED) is 0.178. The number of phenols is 2. The largest absolute Gasteiger partial charge is 0.507 e. The molecule has 3 aromatic rings. The average Bonchev–Trinajstić information content (AvgIpc) is 2.97. The summed E-state index contributed by atoms with van der Waals surface area (Å²) >= 11 is 0. The van der Waals surface area contributed by atoms with E-state index in [9.17, 15) is 10.2 Å². The summed E-state index contributed by atoms with van der Waals surface area (Å²) in [5.41, 5.74) is 7.60. The highest BCUT2D eigenvalue weighted by atomic mass is 16.3. The summed E-state index contributed by atoms with van der Waals surface area (Å²) in [4.78, 5) is 9.40. The maximum atomic E-state index is 10.9. The number of rotatable bonds is 16. The number of aliphatic imine (C=N–C) groups is 2. The van der Waals surface area contributed by atoms with Gasteiger partial charge in [-0.05, 0) is 104 Å². The van der Waals surface area contributed by atoms with Gasteiger partial charge in [0, 0.05) is 23.6 Å². The topological polar surface area (TPSA) is 65.2 Å². The number of hydrogen-bond acceptors (Lipinski definition) is 4. The molecule has 0 aliphatic rings. The Labute approximate surface area is 241 Å². The van der Waals surface area contributed by atoms with Crippen LogP contribution in [0.15, 0.2) is 58.5 Å². The first-order chi connectivity index (χ1) is 19.5. The predicted molar refractivity (Wildman–Crippen MR) is 172 cm³/mol. The molecule has 0 saturated heterocycles. The highest BCUT2D eigenvalue weighted by Crippen LogP contribution is 2.29. The highest BCUT2D eigenvalue weighted by Gasteiger charge is 2.10. The molecule has 0 aliphatic carbocycles. The van der Waals surface area contributed by atoms with Crippen LogP contribution in [0.5, 0.6) is 11.5 Å². The first-order valence-corrected chi connectivity index (χ1v) is 15.4. The van der Waals surface area contributed by atoms with Crippen molar-refractivity contribution in [2.75, 3.05) is 0 Å². The van der Waals surface area contributed by atoms with E-state index in [0.717, 1.165) is 111 Å². The lowest BCUT2D eigenvalue weighted by molar-refractivity contribution is 0.465. The van der Waals surface area contributed by atoms with E-state index in [1.54, 1.807) is 12.4 Å². The molecule has 214 valence electrons. The molecule has 0 aliphatic heterocycles. The normalized spacial score (nSPS) is 11.7. The molecule has 0 heterocycles. The summed E-state index contributed by atoms with van der Waals surface area (Å²) < 4.78 is 0. The lowest BCUT2D eigenvalue weighted by Crippen LogP contribution is -1.96. The third-order valence-electron chi connectivity index (χ3n) is 7.33. The molecule has 2 N–H and O–H groups in total. The van der Waals surface area contributed by atoms with Crippen molar-refractivity contribution in [1.82, 2.24) is 0 Å². The van der Waals surface area contributed by atoms with Crippen LogP contribution < -0.4 is 0 Å². The number of benzene rings is 3. The van der Waals surface area contributed by atoms with Crippen LogP contribution in [0.1, 0.15) is 112 Å². The van der Waals surface area contributed by atoms with Gasteiger partial charge in [-0.2, -0.15) is 0 Å². The number of nitrogens with zero attached hydrogens (tertiary/aromatic N) is 2. The Bertz CT molecular complexity index is 1180. The maximum absolute atomic E-state index is 10.9. The average molecular weight is 541 g/mol. The fraction of sp³-hybridized carbons (Fsp3) is 0.444. The van der Waals surface area contributed by atoms with Gasteiger partial charge in [-0.3, -0.25) is 9.98 Å². The van der Waals surface area contributed by atoms with Gasteiger partial charge in [-0.25, -0.2) is 0 Å². The van der Waals surface area contributed by atoms with Crippen LogP contribution in [-0.4, -0.2) is 22.6 Å². The van der Waals surface area contributed by atoms with Crippen molar-refractivity contribution in [2.45, 2.75) is 105 Å². The monoisotopic (exact) mass is 540 g/mol. The molecule has 0 bridgehead atoms. The van der Waals surface area contributed by atoms with Crippen LogP contribution in [0.2, 0.25) is 0 Å². The molecule has 0 saturated carbocycles. The van der Waals surface area contributed by atoms with Gasteiger partial charge in [-0.1, -0.05) is 71.6 Å². The molecule has 4 heteroatoms. The van der Waals surface area contributed by atoms with E-state index < -0.39 is 0 Å². The molecule has 0 aromatic heterocycles. The van der Waals surface area contributed by atoms with Crippen LogP contribution in [0.4, 0.5) is 11.4 Å². The van der Waals surface area contributed by atoms with Crippen LogP contribution in [0, 0.1) is 0 Å². The molecule has 0 radical (unpaired) electrons. The Morgan fingerprint density at radius 2 is 0.950 bits per heavy atom. The molecule has 3 aromatic carbocycles. The minimum absolute atomic E-state index is 0.337. The molecule has 0 amide bonds. The van der Waals surface area contributed by atoms with Crippen LogP contribution in [0.25, 0.3) is 0 Å². The number of aromatic hydroxyl groups is 2. The maximum Gasteiger partial charge on any atom is 0.127 e. The third kappa shape index (κ3) is 9.36. The Kier molecular flexibility index (Phi) is 13.0. The van der Waals surface area contributed by atoms with E-state index in [4.69, 9.17) is 9.98 Å². The lowest BCUT2D eigenvalue weighted by Gasteiger charge is -2.11. The van der Waals surface area contributed by atoms with Crippen molar-refractivity contribution in [3.8, 4) is 11.5 Å². The summed E-state index contributed by atoms with van der Waals surface area (Å²) in [7, 11) is 0. The van der Waals surface area contributed by atoms with Crippen LogP contribution in [0.3, 0.4) is 0 Å². The standard InChI is InChI=1S/C36H48N2O2/c1-5-9-14-27-20-29(16-11-7-3)35(39)31(22-27)25-37-33-18-13-19-34(24-33)38-26-32-23-28(15-10-6-2)21-30(36(32)40)17-12-8-4/h13,18-26,39-40H,5-12,14-17H2,1-4H3. The van der Waals surface area contributed by atoms with Crippen LogP contribution in [-0.2, 0) is 25.7 Å². The van der Waals surface area contributed by atoms with E-state index >= 15 is 0 Å². The Balaban J connectivity index is 1.86. The van der Waals surface area contributed by atoms with Crippen molar-refractivity contribution in [2.24, 2.45) is 9.98 Å². The second-order valence-electron chi connectivity index (χ2n) is 10.8. The van der Waals surface area contributed by atoms with Crippen molar-refractivity contribution in [3.63, 3.8) is 0 Å². The van der Waals surface area contributed by atoms with E-state index in [1.807, 2.05) is 24.3 Å². The Hall–Kier alpha value is -3.40. The zero-order chi connectivity index (χ0) is 28.7. The number of aryl methyl sites for hydroxylation is 4. The number of phenolic OH excluding ortho intramolecular Hbond substituents is 2. The second kappa shape index (κ2) is 16.6. The second-order valence-corrected chi connectivity index (χ2v) is 10.8. The Morgan fingerprint density at radius 1 is 0.550 bits per heavy atom. The summed E-state index contributed by atoms with van der Waals surface area (Å²) in [6.07, 6.45) is 16.1. The van der Waals surface area contributed by atoms with Crippen LogP contribution >= 0.6 is 0 Å². The minimum Gasteiger partial charge on any atom is -0.507 e. The van der Waals surface area contributed by atoms with Gasteiger partial charge in [0.1, 0.15) is 11.5 Å². The molecule has 4 nitrogen and oxygen atoms in total. The van der Waals surface area contributed by atoms with Gasteiger partial charge >= 0.3 is 0 Å². The van der Waals surface area contributed by atoms with E-state index in [1.165, 1.54) is 11.1 Å². The van der Waals surface area contributed by atoms with Gasteiger partial charge in [0.25, 0.3) is 0 Å². The zero-order valence-corrected chi connectivity index (χ0v) is 25.0. The fourth-order valence-electron chi connectivity index (χ4n) is 4.88. The van der Waals surface area contributed by atoms with Gasteiger partial charge < -0.3 is 10.2 Å². The minimum atomic E-state index is 0.337. The van der Waals surface area contributed by atoms with E-state index in [0.29, 0.717) is 11.5 Å². The fourth-order valence-corrected chi connectivity index (χ4v) is 4.88. The first-order valence-electron chi connectivity index (χ1n) is 15.4. The summed E-state index contributed by atoms with van der Waals surface area (Å²) in [6, 6.07) is 16.2. The van der Waals surface area contributed by atoms with E-state index in [2.05, 4.69) is 52.0 Å². The zero-order valence-electron chi connectivity index (χ0n) is 25.0. The summed E-state index contributed by atoms with van der Waals surface area (Å²) in [5, 5.41) is 21.9. The highest BCUT2D eigenvalue weighted by molar-refractivity contribution is 5.88. The molecular weight excluding hydrogens is 492 g/mol. The van der Waals surface area contributed by atoms with Crippen molar-refractivity contribution in [1.29, 1.82) is 0 Å². The molecule has 0 atom stereocenters. The van der Waals surface area contributed by atoms with Crippen molar-refractivity contribution < 1.29 is 10.2 Å². The predicted octanol–water partition coefficient (Wildman–Crippen LogP) is 9.97. The molecule has 0 unspecified atom stereocenters. The third-order valence-corrected chi connectivity index (χ3v) is 7.33. The Morgan fingerprint density at radius 3 is 1.35 bits per heavy atom. The van der Waals surface area contributed by atoms with E-state index in [-0.39, 0.29) is 0 Å². The summed E-state index contributed by atoms with van der Waals surface area (Å²) in [5.74, 6) is 0.674. The first kappa shape index (κ1) is 31.1. The molecule has 3 rings (SSSR count). The SMILES string of the molecule is CCCCc1cc(C=Nc2cccc(N=Cc3cc(CCCC)cc(CCCC)c3O)c2)c(O)c(CCCC)c1. The van der Waals surface area contributed by atoms with Gasteiger partial charge in [0.05, 0.1) is 11.4 Å². The van der Waals surface area contributed by atoms with Gasteiger partial charge in [0.15, 0.2) is 0 Å².